The summed E-state index contributed by atoms with van der Waals surface area (Å²) in [5.41, 5.74) is 7.12. The largest absolute Gasteiger partial charge is 0.497 e. The second-order valence-corrected chi connectivity index (χ2v) is 3.23. The molecule has 0 spiro atoms. The van der Waals surface area contributed by atoms with Crippen LogP contribution in [0, 0.1) is 0 Å². The zero-order valence-electron chi connectivity index (χ0n) is 8.78. The zero-order chi connectivity index (χ0) is 10.7. The maximum absolute atomic E-state index is 5.32. The average molecular weight is 206 g/mol. The van der Waals surface area contributed by atoms with Gasteiger partial charge in [0.05, 0.1) is 20.3 Å². The second-order valence-electron chi connectivity index (χ2n) is 3.23. The van der Waals surface area contributed by atoms with Crippen molar-refractivity contribution < 1.29 is 9.47 Å². The van der Waals surface area contributed by atoms with Crippen LogP contribution in [0.5, 0.6) is 11.5 Å². The van der Waals surface area contributed by atoms with Gasteiger partial charge >= 0.3 is 0 Å². The zero-order valence-corrected chi connectivity index (χ0v) is 8.78. The molecule has 0 radical (unpaired) electrons. The van der Waals surface area contributed by atoms with Gasteiger partial charge in [0, 0.05) is 17.8 Å². The molecule has 1 heterocycles. The summed E-state index contributed by atoms with van der Waals surface area (Å²) in [5, 5.41) is 0. The summed E-state index contributed by atoms with van der Waals surface area (Å²) < 4.78 is 10.5. The molecule has 0 saturated heterocycles. The molecule has 1 atom stereocenters. The molecule has 0 amide bonds. The summed E-state index contributed by atoms with van der Waals surface area (Å²) in [6.45, 7) is 0. The smallest absolute Gasteiger partial charge is 0.127 e. The maximum Gasteiger partial charge on any atom is 0.127 e. The lowest BCUT2D eigenvalue weighted by molar-refractivity contribution is 0.388. The Hall–Kier alpha value is -1.68. The summed E-state index contributed by atoms with van der Waals surface area (Å²) in [4.78, 5) is 0. The molecular formula is C11H14N2O2. The normalized spacial score (nSPS) is 18.7. The predicted octanol–water partition coefficient (Wildman–Crippen LogP) is 1.37. The van der Waals surface area contributed by atoms with Crippen LogP contribution in [-0.2, 0) is 0 Å². The van der Waals surface area contributed by atoms with Crippen molar-refractivity contribution in [3.63, 3.8) is 0 Å². The molecule has 80 valence electrons. The number of hydrogen-bond donors (Lipinski definition) is 2. The Morgan fingerprint density at radius 2 is 2.07 bits per heavy atom. The lowest BCUT2D eigenvalue weighted by Gasteiger charge is -2.14. The molecule has 1 aromatic rings. The summed E-state index contributed by atoms with van der Waals surface area (Å²) in [7, 11) is 3.30. The fourth-order valence-corrected chi connectivity index (χ4v) is 1.59. The fraction of sp³-hybridized carbons (Fsp3) is 0.273. The van der Waals surface area contributed by atoms with Gasteiger partial charge in [0.15, 0.2) is 0 Å². The highest BCUT2D eigenvalue weighted by Crippen LogP contribution is 2.30. The van der Waals surface area contributed by atoms with Gasteiger partial charge in [-0.1, -0.05) is 0 Å². The third-order valence-corrected chi connectivity index (χ3v) is 2.39. The Morgan fingerprint density at radius 3 is 2.67 bits per heavy atom. The molecule has 0 saturated carbocycles. The SMILES string of the molecule is COc1ccc(C2C=CNN2)c(OC)c1. The number of nitrogens with one attached hydrogen (secondary N) is 2. The standard InChI is InChI=1S/C11H14N2O2/c1-14-8-3-4-9(11(7-8)15-2)10-5-6-12-13-10/h3-7,10,12-13H,1-2H3. The number of hydrogen-bond acceptors (Lipinski definition) is 4. The van der Waals surface area contributed by atoms with Crippen LogP contribution in [0.25, 0.3) is 0 Å². The van der Waals surface area contributed by atoms with Crippen molar-refractivity contribution in [2.45, 2.75) is 6.04 Å². The number of ether oxygens (including phenoxy) is 2. The van der Waals surface area contributed by atoms with E-state index in [1.165, 1.54) is 0 Å². The van der Waals surface area contributed by atoms with Crippen LogP contribution in [0.2, 0.25) is 0 Å². The van der Waals surface area contributed by atoms with Crippen LogP contribution >= 0.6 is 0 Å². The summed E-state index contributed by atoms with van der Waals surface area (Å²) in [6.07, 6.45) is 3.90. The molecule has 0 bridgehead atoms. The highest BCUT2D eigenvalue weighted by Gasteiger charge is 2.15. The van der Waals surface area contributed by atoms with Crippen LogP contribution in [0.15, 0.2) is 30.5 Å². The predicted molar refractivity (Wildman–Crippen MR) is 57.7 cm³/mol. The van der Waals surface area contributed by atoms with Gasteiger partial charge in [-0.2, -0.15) is 0 Å². The lowest BCUT2D eigenvalue weighted by Crippen LogP contribution is -2.24. The van der Waals surface area contributed by atoms with E-state index in [9.17, 15) is 0 Å². The van der Waals surface area contributed by atoms with Gasteiger partial charge < -0.3 is 14.9 Å². The number of rotatable bonds is 3. The molecule has 4 nitrogen and oxygen atoms in total. The highest BCUT2D eigenvalue weighted by atomic mass is 16.5. The van der Waals surface area contributed by atoms with Crippen LogP contribution in [0.4, 0.5) is 0 Å². The van der Waals surface area contributed by atoms with E-state index in [0.717, 1.165) is 17.1 Å². The summed E-state index contributed by atoms with van der Waals surface area (Å²) in [5.74, 6) is 1.62. The van der Waals surface area contributed by atoms with Crippen LogP contribution < -0.4 is 20.3 Å². The van der Waals surface area contributed by atoms with Crippen LogP contribution in [-0.4, -0.2) is 14.2 Å². The van der Waals surface area contributed by atoms with E-state index in [-0.39, 0.29) is 6.04 Å². The van der Waals surface area contributed by atoms with Crippen LogP contribution in [0.3, 0.4) is 0 Å². The molecule has 2 rings (SSSR count). The molecule has 0 aliphatic carbocycles. The van der Waals surface area contributed by atoms with Crippen molar-refractivity contribution in [2.24, 2.45) is 0 Å². The molecule has 1 aliphatic rings. The Morgan fingerprint density at radius 1 is 1.20 bits per heavy atom. The quantitative estimate of drug-likeness (QED) is 0.783. The monoisotopic (exact) mass is 206 g/mol. The Kier molecular flexibility index (Phi) is 2.78. The van der Waals surface area contributed by atoms with Gasteiger partial charge in [-0.25, -0.2) is 5.43 Å². The molecule has 0 aromatic heterocycles. The first kappa shape index (κ1) is 9.86. The summed E-state index contributed by atoms with van der Waals surface area (Å²) >= 11 is 0. The highest BCUT2D eigenvalue weighted by molar-refractivity contribution is 5.44. The molecular weight excluding hydrogens is 192 g/mol. The van der Waals surface area contributed by atoms with E-state index >= 15 is 0 Å². The third kappa shape index (κ3) is 1.89. The van der Waals surface area contributed by atoms with Gasteiger partial charge in [-0.3, -0.25) is 0 Å². The number of hydrazine groups is 1. The summed E-state index contributed by atoms with van der Waals surface area (Å²) in [6, 6.07) is 5.94. The van der Waals surface area contributed by atoms with Crippen molar-refractivity contribution in [2.75, 3.05) is 14.2 Å². The number of methoxy groups -OCH3 is 2. The minimum Gasteiger partial charge on any atom is -0.497 e. The molecule has 1 aromatic carbocycles. The fourth-order valence-electron chi connectivity index (χ4n) is 1.59. The van der Waals surface area contributed by atoms with E-state index < -0.39 is 0 Å². The van der Waals surface area contributed by atoms with E-state index in [1.54, 1.807) is 14.2 Å². The van der Waals surface area contributed by atoms with Crippen molar-refractivity contribution in [1.29, 1.82) is 0 Å². The van der Waals surface area contributed by atoms with E-state index in [2.05, 4.69) is 10.9 Å². The van der Waals surface area contributed by atoms with Gasteiger partial charge in [0.2, 0.25) is 0 Å². The molecule has 1 unspecified atom stereocenters. The molecule has 1 aliphatic heterocycles. The maximum atomic E-state index is 5.32. The van der Waals surface area contributed by atoms with E-state index in [1.807, 2.05) is 30.5 Å². The Bertz CT molecular complexity index is 377. The van der Waals surface area contributed by atoms with Crippen molar-refractivity contribution in [1.82, 2.24) is 10.9 Å². The van der Waals surface area contributed by atoms with Gasteiger partial charge in [0.25, 0.3) is 0 Å². The lowest BCUT2D eigenvalue weighted by atomic mass is 10.1. The first-order valence-corrected chi connectivity index (χ1v) is 4.75. The van der Waals surface area contributed by atoms with Crippen molar-refractivity contribution >= 4 is 0 Å². The van der Waals surface area contributed by atoms with Crippen molar-refractivity contribution in [3.05, 3.63) is 36.0 Å². The molecule has 2 N–H and O–H groups in total. The van der Waals surface area contributed by atoms with E-state index in [0.29, 0.717) is 0 Å². The third-order valence-electron chi connectivity index (χ3n) is 2.39. The van der Waals surface area contributed by atoms with E-state index in [4.69, 9.17) is 9.47 Å². The molecule has 4 heteroatoms. The van der Waals surface area contributed by atoms with Crippen molar-refractivity contribution in [3.8, 4) is 11.5 Å². The molecule has 15 heavy (non-hydrogen) atoms. The van der Waals surface area contributed by atoms with Gasteiger partial charge in [-0.05, 0) is 18.2 Å². The Balaban J connectivity index is 2.33. The molecule has 0 fully saturated rings. The Labute approximate surface area is 88.9 Å². The van der Waals surface area contributed by atoms with Crippen LogP contribution in [0.1, 0.15) is 11.6 Å². The topological polar surface area (TPSA) is 42.5 Å². The van der Waals surface area contributed by atoms with Gasteiger partial charge in [0.1, 0.15) is 11.5 Å². The second kappa shape index (κ2) is 4.23. The van der Waals surface area contributed by atoms with Gasteiger partial charge in [-0.15, -0.1) is 0 Å². The number of benzene rings is 1. The minimum atomic E-state index is 0.144. The average Bonchev–Trinajstić information content (AvgIpc) is 2.81. The minimum absolute atomic E-state index is 0.144. The first-order valence-electron chi connectivity index (χ1n) is 4.75. The first-order chi connectivity index (χ1) is 7.35.